The van der Waals surface area contributed by atoms with Crippen LogP contribution in [-0.2, 0) is 17.8 Å². The van der Waals surface area contributed by atoms with E-state index >= 15 is 0 Å². The summed E-state index contributed by atoms with van der Waals surface area (Å²) in [7, 11) is 0. The molecule has 1 aromatic heterocycles. The lowest BCUT2D eigenvalue weighted by Crippen LogP contribution is -2.12. The van der Waals surface area contributed by atoms with E-state index in [1.54, 1.807) is 12.1 Å². The third kappa shape index (κ3) is 1.80. The molecule has 1 aliphatic rings. The van der Waals surface area contributed by atoms with Crippen molar-refractivity contribution in [3.8, 4) is 0 Å². The first-order valence-corrected chi connectivity index (χ1v) is 6.34. The zero-order valence-corrected chi connectivity index (χ0v) is 11.0. The Labute approximate surface area is 113 Å². The van der Waals surface area contributed by atoms with Crippen molar-refractivity contribution >= 4 is 45.7 Å². The summed E-state index contributed by atoms with van der Waals surface area (Å²) < 4.78 is 5.40. The minimum absolute atomic E-state index is 0.486. The van der Waals surface area contributed by atoms with Crippen molar-refractivity contribution in [3.63, 3.8) is 0 Å². The van der Waals surface area contributed by atoms with Crippen LogP contribution in [0.1, 0.15) is 11.3 Å². The molecule has 0 spiro atoms. The minimum atomic E-state index is 0.486. The number of aromatic nitrogens is 1. The molecular weight excluding hydrogens is 280 g/mol. The van der Waals surface area contributed by atoms with Crippen molar-refractivity contribution in [1.82, 2.24) is 4.98 Å². The molecule has 88 valence electrons. The van der Waals surface area contributed by atoms with Crippen molar-refractivity contribution in [2.24, 2.45) is 0 Å². The fourth-order valence-electron chi connectivity index (χ4n) is 2.04. The maximum Gasteiger partial charge on any atom is 0.0921 e. The molecule has 0 bridgehead atoms. The van der Waals surface area contributed by atoms with Crippen LogP contribution in [-0.4, -0.2) is 11.6 Å². The number of pyridine rings is 1. The molecule has 0 amide bonds. The molecule has 0 fully saturated rings. The first-order valence-electron chi connectivity index (χ1n) is 5.21. The predicted molar refractivity (Wildman–Crippen MR) is 70.1 cm³/mol. The van der Waals surface area contributed by atoms with Crippen LogP contribution in [0, 0.1) is 0 Å². The van der Waals surface area contributed by atoms with Gasteiger partial charge in [-0.05, 0) is 12.1 Å². The summed E-state index contributed by atoms with van der Waals surface area (Å²) in [4.78, 5) is 4.56. The molecule has 0 radical (unpaired) electrons. The summed E-state index contributed by atoms with van der Waals surface area (Å²) in [6.45, 7) is 1.15. The van der Waals surface area contributed by atoms with Gasteiger partial charge < -0.3 is 4.74 Å². The van der Waals surface area contributed by atoms with Gasteiger partial charge in [-0.2, -0.15) is 0 Å². The molecule has 0 saturated carbocycles. The van der Waals surface area contributed by atoms with Gasteiger partial charge in [-0.15, -0.1) is 0 Å². The molecule has 17 heavy (non-hydrogen) atoms. The third-order valence-corrected chi connectivity index (χ3v) is 3.92. The summed E-state index contributed by atoms with van der Waals surface area (Å²) >= 11 is 18.7. The van der Waals surface area contributed by atoms with Crippen LogP contribution in [0.25, 0.3) is 10.9 Å². The average Bonchev–Trinajstić information content (AvgIpc) is 2.34. The topological polar surface area (TPSA) is 22.1 Å². The van der Waals surface area contributed by atoms with Crippen LogP contribution in [0.4, 0.5) is 0 Å². The zero-order valence-electron chi connectivity index (χ0n) is 8.77. The van der Waals surface area contributed by atoms with Crippen molar-refractivity contribution < 1.29 is 4.74 Å². The van der Waals surface area contributed by atoms with Gasteiger partial charge >= 0.3 is 0 Å². The Hall–Kier alpha value is -0.540. The van der Waals surface area contributed by atoms with E-state index in [0.717, 1.165) is 17.7 Å². The molecule has 0 unspecified atom stereocenters. The maximum absolute atomic E-state index is 6.37. The number of nitrogens with zero attached hydrogens (tertiary/aromatic N) is 1. The number of fused-ring (bicyclic) bond motifs is 2. The first-order chi connectivity index (χ1) is 8.18. The summed E-state index contributed by atoms with van der Waals surface area (Å²) in [6.07, 6.45) is 0.758. The Morgan fingerprint density at radius 1 is 1.12 bits per heavy atom. The number of benzene rings is 1. The normalized spacial score (nSPS) is 15.0. The van der Waals surface area contributed by atoms with Gasteiger partial charge in [-0.1, -0.05) is 34.8 Å². The van der Waals surface area contributed by atoms with Crippen LogP contribution in [0.5, 0.6) is 0 Å². The van der Waals surface area contributed by atoms with Crippen molar-refractivity contribution in [3.05, 3.63) is 38.5 Å². The van der Waals surface area contributed by atoms with E-state index in [4.69, 9.17) is 39.5 Å². The first kappa shape index (κ1) is 11.5. The highest BCUT2D eigenvalue weighted by Gasteiger charge is 2.20. The SMILES string of the molecule is Clc1ccc(Cl)c2c(Cl)c3c(nc12)CCOC3. The van der Waals surface area contributed by atoms with Crippen LogP contribution >= 0.6 is 34.8 Å². The predicted octanol–water partition coefficient (Wildman–Crippen LogP) is 4.27. The van der Waals surface area contributed by atoms with E-state index in [2.05, 4.69) is 4.98 Å². The molecule has 5 heteroatoms. The van der Waals surface area contributed by atoms with Gasteiger partial charge in [0.1, 0.15) is 0 Å². The summed E-state index contributed by atoms with van der Waals surface area (Å²) in [6, 6.07) is 3.47. The maximum atomic E-state index is 6.37. The molecule has 1 aromatic carbocycles. The highest BCUT2D eigenvalue weighted by atomic mass is 35.5. The van der Waals surface area contributed by atoms with Crippen molar-refractivity contribution in [2.45, 2.75) is 13.0 Å². The van der Waals surface area contributed by atoms with Gasteiger partial charge in [0.05, 0.1) is 39.5 Å². The van der Waals surface area contributed by atoms with E-state index in [1.165, 1.54) is 0 Å². The lowest BCUT2D eigenvalue weighted by atomic mass is 10.1. The molecule has 0 aliphatic carbocycles. The number of rotatable bonds is 0. The molecule has 0 N–H and O–H groups in total. The Morgan fingerprint density at radius 2 is 1.88 bits per heavy atom. The van der Waals surface area contributed by atoms with Gasteiger partial charge in [0, 0.05) is 17.4 Å². The van der Waals surface area contributed by atoms with Crippen molar-refractivity contribution in [1.29, 1.82) is 0 Å². The second kappa shape index (κ2) is 4.29. The third-order valence-electron chi connectivity index (χ3n) is 2.89. The summed E-state index contributed by atoms with van der Waals surface area (Å²) in [5.74, 6) is 0. The van der Waals surface area contributed by atoms with Crippen LogP contribution in [0.15, 0.2) is 12.1 Å². The van der Waals surface area contributed by atoms with Crippen molar-refractivity contribution in [2.75, 3.05) is 6.61 Å². The van der Waals surface area contributed by atoms with E-state index in [-0.39, 0.29) is 0 Å². The van der Waals surface area contributed by atoms with Gasteiger partial charge in [-0.3, -0.25) is 4.98 Å². The highest BCUT2D eigenvalue weighted by molar-refractivity contribution is 6.45. The molecule has 1 aliphatic heterocycles. The Morgan fingerprint density at radius 3 is 2.71 bits per heavy atom. The monoisotopic (exact) mass is 287 g/mol. The highest BCUT2D eigenvalue weighted by Crippen LogP contribution is 2.37. The van der Waals surface area contributed by atoms with Gasteiger partial charge in [0.25, 0.3) is 0 Å². The number of hydrogen-bond acceptors (Lipinski definition) is 2. The van der Waals surface area contributed by atoms with E-state index in [0.29, 0.717) is 39.2 Å². The molecule has 0 atom stereocenters. The van der Waals surface area contributed by atoms with E-state index in [9.17, 15) is 0 Å². The Balaban J connectivity index is 2.44. The quantitative estimate of drug-likeness (QED) is 0.722. The largest absolute Gasteiger partial charge is 0.376 e. The van der Waals surface area contributed by atoms with Gasteiger partial charge in [0.15, 0.2) is 0 Å². The summed E-state index contributed by atoms with van der Waals surface area (Å²) in [5.41, 5.74) is 2.55. The minimum Gasteiger partial charge on any atom is -0.376 e. The molecular formula is C12H8Cl3NO. The number of halogens is 3. The van der Waals surface area contributed by atoms with Crippen LogP contribution in [0.2, 0.25) is 15.1 Å². The van der Waals surface area contributed by atoms with Crippen LogP contribution < -0.4 is 0 Å². The lowest BCUT2D eigenvalue weighted by Gasteiger charge is -2.19. The molecule has 3 rings (SSSR count). The fourth-order valence-corrected chi connectivity index (χ4v) is 2.89. The number of hydrogen-bond donors (Lipinski definition) is 0. The van der Waals surface area contributed by atoms with Gasteiger partial charge in [0.2, 0.25) is 0 Å². The number of ether oxygens (including phenoxy) is 1. The Kier molecular flexibility index (Phi) is 2.91. The second-order valence-corrected chi connectivity index (χ2v) is 5.10. The van der Waals surface area contributed by atoms with Gasteiger partial charge in [-0.25, -0.2) is 0 Å². The van der Waals surface area contributed by atoms with E-state index < -0.39 is 0 Å². The average molecular weight is 289 g/mol. The molecule has 2 aromatic rings. The van der Waals surface area contributed by atoms with Crippen LogP contribution in [0.3, 0.4) is 0 Å². The second-order valence-electron chi connectivity index (χ2n) is 3.91. The summed E-state index contributed by atoms with van der Waals surface area (Å²) in [5, 5.41) is 2.46. The smallest absolute Gasteiger partial charge is 0.0921 e. The standard InChI is InChI=1S/C12H8Cl3NO/c13-7-1-2-8(14)12-10(7)11(15)6-5-17-4-3-9(6)16-12/h1-2H,3-5H2. The molecule has 0 saturated heterocycles. The fraction of sp³-hybridized carbons (Fsp3) is 0.250. The van der Waals surface area contributed by atoms with E-state index in [1.807, 2.05) is 0 Å². The molecule has 2 nitrogen and oxygen atoms in total. The zero-order chi connectivity index (χ0) is 12.0. The Bertz CT molecular complexity index is 612. The lowest BCUT2D eigenvalue weighted by molar-refractivity contribution is 0.109. The molecule has 2 heterocycles.